The number of amides is 1. The van der Waals surface area contributed by atoms with E-state index in [9.17, 15) is 4.79 Å². The summed E-state index contributed by atoms with van der Waals surface area (Å²) in [6.45, 7) is 8.51. The molecule has 1 aromatic heterocycles. The lowest BCUT2D eigenvalue weighted by Crippen LogP contribution is -2.46. The van der Waals surface area contributed by atoms with Crippen molar-refractivity contribution in [1.29, 1.82) is 0 Å². The van der Waals surface area contributed by atoms with E-state index >= 15 is 0 Å². The number of nitrogens with zero attached hydrogens (tertiary/aromatic N) is 3. The van der Waals surface area contributed by atoms with Gasteiger partial charge in [-0.2, -0.15) is 4.98 Å². The molecule has 0 radical (unpaired) electrons. The second-order valence-corrected chi connectivity index (χ2v) is 8.18. The monoisotopic (exact) mass is 334 g/mol. The lowest BCUT2D eigenvalue weighted by molar-refractivity contribution is -0.122. The van der Waals surface area contributed by atoms with Gasteiger partial charge >= 0.3 is 0 Å². The van der Waals surface area contributed by atoms with Crippen molar-refractivity contribution in [2.45, 2.75) is 83.2 Å². The van der Waals surface area contributed by atoms with Gasteiger partial charge in [-0.15, -0.1) is 0 Å². The van der Waals surface area contributed by atoms with Gasteiger partial charge < -0.3 is 9.84 Å². The molecule has 2 saturated heterocycles. The second kappa shape index (κ2) is 7.21. The van der Waals surface area contributed by atoms with Crippen LogP contribution in [0.15, 0.2) is 4.52 Å². The first-order chi connectivity index (χ1) is 11.4. The van der Waals surface area contributed by atoms with Crippen molar-refractivity contribution in [1.82, 2.24) is 20.4 Å². The van der Waals surface area contributed by atoms with Crippen LogP contribution in [0, 0.1) is 0 Å². The molecule has 0 unspecified atom stereocenters. The van der Waals surface area contributed by atoms with Gasteiger partial charge in [0.05, 0.1) is 0 Å². The molecule has 3 heterocycles. The van der Waals surface area contributed by atoms with E-state index in [0.717, 1.165) is 25.2 Å². The van der Waals surface area contributed by atoms with E-state index in [1.807, 2.05) is 0 Å². The number of aromatic nitrogens is 2. The van der Waals surface area contributed by atoms with Crippen LogP contribution in [-0.4, -0.2) is 46.1 Å². The van der Waals surface area contributed by atoms with Gasteiger partial charge in [0.2, 0.25) is 11.8 Å². The van der Waals surface area contributed by atoms with Crippen LogP contribution in [0.5, 0.6) is 0 Å². The Morgan fingerprint density at radius 1 is 1.29 bits per heavy atom. The Balaban J connectivity index is 1.41. The molecule has 1 aromatic rings. The SMILES string of the molecule is CC(C)(C)c1noc(CCCC(=O)N[C@@H]2CCN3CCCC[C@@H]23)n1. The topological polar surface area (TPSA) is 71.3 Å². The molecular formula is C18H30N4O2. The second-order valence-electron chi connectivity index (χ2n) is 8.18. The molecule has 3 rings (SSSR count). The van der Waals surface area contributed by atoms with Gasteiger partial charge in [0, 0.05) is 36.9 Å². The molecule has 2 aliphatic heterocycles. The first kappa shape index (κ1) is 17.4. The fourth-order valence-corrected chi connectivity index (χ4v) is 3.76. The molecule has 6 heteroatoms. The van der Waals surface area contributed by atoms with Crippen molar-refractivity contribution in [3.05, 3.63) is 11.7 Å². The molecule has 0 aliphatic carbocycles. The Bertz CT molecular complexity index is 564. The summed E-state index contributed by atoms with van der Waals surface area (Å²) >= 11 is 0. The summed E-state index contributed by atoms with van der Waals surface area (Å²) < 4.78 is 5.28. The molecule has 0 aromatic carbocycles. The van der Waals surface area contributed by atoms with Crippen LogP contribution in [0.1, 0.15) is 71.0 Å². The van der Waals surface area contributed by atoms with E-state index in [1.165, 1.54) is 25.8 Å². The maximum absolute atomic E-state index is 12.2. The number of hydrogen-bond donors (Lipinski definition) is 1. The van der Waals surface area contributed by atoms with Gasteiger partial charge in [0.25, 0.3) is 0 Å². The fraction of sp³-hybridized carbons (Fsp3) is 0.833. The highest BCUT2D eigenvalue weighted by Crippen LogP contribution is 2.27. The number of nitrogens with one attached hydrogen (secondary N) is 1. The zero-order valence-corrected chi connectivity index (χ0v) is 15.2. The first-order valence-electron chi connectivity index (χ1n) is 9.30. The van der Waals surface area contributed by atoms with Crippen molar-refractivity contribution >= 4 is 5.91 Å². The highest BCUT2D eigenvalue weighted by Gasteiger charge is 2.36. The predicted molar refractivity (Wildman–Crippen MR) is 91.7 cm³/mol. The van der Waals surface area contributed by atoms with Crippen LogP contribution in [0.4, 0.5) is 0 Å². The minimum absolute atomic E-state index is 0.104. The number of carbonyl (C=O) groups is 1. The largest absolute Gasteiger partial charge is 0.352 e. The van der Waals surface area contributed by atoms with E-state index in [0.29, 0.717) is 30.8 Å². The Kier molecular flexibility index (Phi) is 5.23. The lowest BCUT2D eigenvalue weighted by atomic mass is 9.96. The number of rotatable bonds is 5. The number of carbonyl (C=O) groups excluding carboxylic acids is 1. The van der Waals surface area contributed by atoms with E-state index in [2.05, 4.69) is 41.1 Å². The Hall–Kier alpha value is -1.43. The third-order valence-corrected chi connectivity index (χ3v) is 5.14. The van der Waals surface area contributed by atoms with Gasteiger partial charge in [-0.05, 0) is 32.2 Å². The summed E-state index contributed by atoms with van der Waals surface area (Å²) in [7, 11) is 0. The standard InChI is InChI=1S/C18H30N4O2/c1-18(2,3)17-20-16(24-21-17)9-6-8-15(23)19-13-10-12-22-11-5-4-7-14(13)22/h13-14H,4-12H2,1-3H3,(H,19,23)/t13-,14+/m1/s1. The highest BCUT2D eigenvalue weighted by molar-refractivity contribution is 5.76. The van der Waals surface area contributed by atoms with Crippen molar-refractivity contribution in [2.75, 3.05) is 13.1 Å². The zero-order chi connectivity index (χ0) is 17.2. The third kappa shape index (κ3) is 4.15. The van der Waals surface area contributed by atoms with Crippen LogP contribution < -0.4 is 5.32 Å². The number of fused-ring (bicyclic) bond motifs is 1. The maximum Gasteiger partial charge on any atom is 0.226 e. The first-order valence-corrected chi connectivity index (χ1v) is 9.30. The van der Waals surface area contributed by atoms with Crippen molar-refractivity contribution in [3.63, 3.8) is 0 Å². The molecule has 24 heavy (non-hydrogen) atoms. The number of hydrogen-bond acceptors (Lipinski definition) is 5. The van der Waals surface area contributed by atoms with Gasteiger partial charge in [-0.1, -0.05) is 32.3 Å². The summed E-state index contributed by atoms with van der Waals surface area (Å²) in [5.41, 5.74) is -0.104. The van der Waals surface area contributed by atoms with Crippen LogP contribution in [0.25, 0.3) is 0 Å². The van der Waals surface area contributed by atoms with Crippen molar-refractivity contribution in [3.8, 4) is 0 Å². The van der Waals surface area contributed by atoms with Crippen molar-refractivity contribution < 1.29 is 9.32 Å². The van der Waals surface area contributed by atoms with E-state index in [-0.39, 0.29) is 11.3 Å². The Morgan fingerprint density at radius 2 is 2.12 bits per heavy atom. The molecule has 6 nitrogen and oxygen atoms in total. The smallest absolute Gasteiger partial charge is 0.226 e. The fourth-order valence-electron chi connectivity index (χ4n) is 3.76. The Morgan fingerprint density at radius 3 is 2.88 bits per heavy atom. The Labute approximate surface area is 144 Å². The summed E-state index contributed by atoms with van der Waals surface area (Å²) in [6, 6.07) is 0.904. The molecule has 1 amide bonds. The number of piperidine rings is 1. The molecule has 0 saturated carbocycles. The minimum atomic E-state index is -0.104. The molecule has 2 fully saturated rings. The summed E-state index contributed by atoms with van der Waals surface area (Å²) in [5, 5.41) is 7.27. The average molecular weight is 334 g/mol. The molecular weight excluding hydrogens is 304 g/mol. The molecule has 134 valence electrons. The van der Waals surface area contributed by atoms with Gasteiger partial charge in [0.15, 0.2) is 5.82 Å². The van der Waals surface area contributed by atoms with E-state index in [4.69, 9.17) is 4.52 Å². The van der Waals surface area contributed by atoms with Crippen LogP contribution in [-0.2, 0) is 16.6 Å². The third-order valence-electron chi connectivity index (χ3n) is 5.14. The van der Waals surface area contributed by atoms with Gasteiger partial charge in [-0.25, -0.2) is 0 Å². The summed E-state index contributed by atoms with van der Waals surface area (Å²) in [4.78, 5) is 19.2. The minimum Gasteiger partial charge on any atom is -0.352 e. The van der Waals surface area contributed by atoms with Gasteiger partial charge in [0.1, 0.15) is 0 Å². The predicted octanol–water partition coefficient (Wildman–Crippen LogP) is 2.43. The normalized spacial score (nSPS) is 24.8. The molecule has 2 atom stereocenters. The van der Waals surface area contributed by atoms with E-state index in [1.54, 1.807) is 0 Å². The van der Waals surface area contributed by atoms with Gasteiger partial charge in [-0.3, -0.25) is 9.69 Å². The van der Waals surface area contributed by atoms with Crippen molar-refractivity contribution in [2.24, 2.45) is 0 Å². The average Bonchev–Trinajstić information content (AvgIpc) is 3.15. The highest BCUT2D eigenvalue weighted by atomic mass is 16.5. The number of aryl methyl sites for hydroxylation is 1. The quantitative estimate of drug-likeness (QED) is 0.895. The molecule has 0 bridgehead atoms. The van der Waals surface area contributed by atoms with E-state index < -0.39 is 0 Å². The summed E-state index contributed by atoms with van der Waals surface area (Å²) in [5.74, 6) is 1.51. The zero-order valence-electron chi connectivity index (χ0n) is 15.2. The molecule has 2 aliphatic rings. The maximum atomic E-state index is 12.2. The molecule has 0 spiro atoms. The van der Waals surface area contributed by atoms with Crippen LogP contribution >= 0.6 is 0 Å². The summed E-state index contributed by atoms with van der Waals surface area (Å²) in [6.07, 6.45) is 6.85. The van der Waals surface area contributed by atoms with Crippen LogP contribution in [0.2, 0.25) is 0 Å². The molecule has 1 N–H and O–H groups in total. The van der Waals surface area contributed by atoms with Crippen LogP contribution in [0.3, 0.4) is 0 Å². The lowest BCUT2D eigenvalue weighted by Gasteiger charge is -2.32.